The van der Waals surface area contributed by atoms with Crippen LogP contribution < -0.4 is 0 Å². The molecule has 0 saturated heterocycles. The molecule has 0 fully saturated rings. The number of carbonyl (C=O) groups excluding carboxylic acids is 1. The van der Waals surface area contributed by atoms with Crippen LogP contribution in [-0.4, -0.2) is 42.1 Å². The van der Waals surface area contributed by atoms with Gasteiger partial charge in [0, 0.05) is 18.7 Å². The van der Waals surface area contributed by atoms with Crippen LogP contribution in [0.25, 0.3) is 0 Å². The first-order chi connectivity index (χ1) is 9.43. The van der Waals surface area contributed by atoms with Gasteiger partial charge >= 0.3 is 5.97 Å². The molecule has 0 bridgehead atoms. The first-order valence-electron chi connectivity index (χ1n) is 6.18. The molecule has 1 aromatic rings. The van der Waals surface area contributed by atoms with E-state index in [1.165, 1.54) is 12.0 Å². The van der Waals surface area contributed by atoms with Gasteiger partial charge < -0.3 is 14.7 Å². The minimum atomic E-state index is -1.04. The normalized spacial score (nSPS) is 11.9. The number of rotatable bonds is 7. The fraction of sp³-hybridized carbons (Fsp3) is 0.429. The van der Waals surface area contributed by atoms with E-state index in [2.05, 4.69) is 0 Å². The Morgan fingerprint density at radius 3 is 2.45 bits per heavy atom. The van der Waals surface area contributed by atoms with Gasteiger partial charge in [-0.3, -0.25) is 9.59 Å². The Labute approximate surface area is 123 Å². The van der Waals surface area contributed by atoms with Crippen molar-refractivity contribution >= 4 is 23.5 Å². The predicted octanol–water partition coefficient (Wildman–Crippen LogP) is 2.04. The highest BCUT2D eigenvalue weighted by Crippen LogP contribution is 2.13. The summed E-state index contributed by atoms with van der Waals surface area (Å²) in [6.45, 7) is 1.87. The fourth-order valence-corrected chi connectivity index (χ4v) is 1.94. The van der Waals surface area contributed by atoms with Crippen molar-refractivity contribution in [2.24, 2.45) is 5.92 Å². The summed E-state index contributed by atoms with van der Waals surface area (Å²) >= 11 is 5.80. The molecule has 1 atom stereocenters. The van der Waals surface area contributed by atoms with Gasteiger partial charge in [0.1, 0.15) is 6.54 Å². The Morgan fingerprint density at radius 1 is 1.35 bits per heavy atom. The van der Waals surface area contributed by atoms with Crippen molar-refractivity contribution in [3.8, 4) is 0 Å². The SMILES string of the molecule is COCC(C)C(=O)N(CC(=O)O)Cc1ccc(Cl)cc1. The summed E-state index contributed by atoms with van der Waals surface area (Å²) in [4.78, 5) is 24.4. The third-order valence-corrected chi connectivity index (χ3v) is 3.01. The number of amides is 1. The summed E-state index contributed by atoms with van der Waals surface area (Å²) in [6.07, 6.45) is 0. The summed E-state index contributed by atoms with van der Waals surface area (Å²) in [5.74, 6) is -1.67. The largest absolute Gasteiger partial charge is 0.480 e. The maximum atomic E-state index is 12.2. The highest BCUT2D eigenvalue weighted by atomic mass is 35.5. The van der Waals surface area contributed by atoms with E-state index in [9.17, 15) is 9.59 Å². The van der Waals surface area contributed by atoms with Gasteiger partial charge in [0.15, 0.2) is 0 Å². The van der Waals surface area contributed by atoms with Crippen molar-refractivity contribution in [1.29, 1.82) is 0 Å². The van der Waals surface area contributed by atoms with Crippen LogP contribution in [0.5, 0.6) is 0 Å². The molecule has 20 heavy (non-hydrogen) atoms. The average Bonchev–Trinajstić information content (AvgIpc) is 2.39. The molecular formula is C14H18ClNO4. The number of hydrogen-bond donors (Lipinski definition) is 1. The molecule has 6 heteroatoms. The fourth-order valence-electron chi connectivity index (χ4n) is 1.82. The number of benzene rings is 1. The molecule has 0 aliphatic rings. The van der Waals surface area contributed by atoms with E-state index in [1.54, 1.807) is 31.2 Å². The minimum absolute atomic E-state index is 0.232. The third-order valence-electron chi connectivity index (χ3n) is 2.76. The number of methoxy groups -OCH3 is 1. The van der Waals surface area contributed by atoms with Crippen molar-refractivity contribution in [2.75, 3.05) is 20.3 Å². The first-order valence-corrected chi connectivity index (χ1v) is 6.55. The van der Waals surface area contributed by atoms with Crippen LogP contribution in [0.15, 0.2) is 24.3 Å². The van der Waals surface area contributed by atoms with E-state index in [1.807, 2.05) is 0 Å². The van der Waals surface area contributed by atoms with Crippen LogP contribution in [0.3, 0.4) is 0 Å². The van der Waals surface area contributed by atoms with Crippen LogP contribution in [0.4, 0.5) is 0 Å². The topological polar surface area (TPSA) is 66.8 Å². The molecule has 0 saturated carbocycles. The van der Waals surface area contributed by atoms with Crippen LogP contribution in [0.1, 0.15) is 12.5 Å². The molecular weight excluding hydrogens is 282 g/mol. The zero-order valence-corrected chi connectivity index (χ0v) is 12.3. The summed E-state index contributed by atoms with van der Waals surface area (Å²) < 4.78 is 4.93. The molecule has 1 rings (SSSR count). The monoisotopic (exact) mass is 299 g/mol. The quantitative estimate of drug-likeness (QED) is 0.836. The lowest BCUT2D eigenvalue weighted by molar-refractivity contribution is -0.147. The first kappa shape index (κ1) is 16.5. The Kier molecular flexibility index (Phi) is 6.48. The van der Waals surface area contributed by atoms with Crippen molar-refractivity contribution in [1.82, 2.24) is 4.90 Å². The second kappa shape index (κ2) is 7.87. The van der Waals surface area contributed by atoms with Gasteiger partial charge in [-0.2, -0.15) is 0 Å². The van der Waals surface area contributed by atoms with Gasteiger partial charge in [-0.05, 0) is 17.7 Å². The van der Waals surface area contributed by atoms with E-state index in [0.29, 0.717) is 5.02 Å². The number of ether oxygens (including phenoxy) is 1. The van der Waals surface area contributed by atoms with Crippen LogP contribution in [0, 0.1) is 5.92 Å². The Balaban J connectivity index is 2.80. The summed E-state index contributed by atoms with van der Waals surface area (Å²) in [6, 6.07) is 6.95. The number of carboxylic acids is 1. The molecule has 1 N–H and O–H groups in total. The zero-order chi connectivity index (χ0) is 15.1. The van der Waals surface area contributed by atoms with E-state index in [-0.39, 0.29) is 31.5 Å². The van der Waals surface area contributed by atoms with Crippen molar-refractivity contribution in [3.63, 3.8) is 0 Å². The number of carboxylic acid groups (broad SMARTS) is 1. The van der Waals surface area contributed by atoms with Gasteiger partial charge in [-0.1, -0.05) is 30.7 Å². The van der Waals surface area contributed by atoms with E-state index in [0.717, 1.165) is 5.56 Å². The zero-order valence-electron chi connectivity index (χ0n) is 11.5. The van der Waals surface area contributed by atoms with E-state index >= 15 is 0 Å². The lowest BCUT2D eigenvalue weighted by Crippen LogP contribution is -2.39. The number of halogens is 1. The van der Waals surface area contributed by atoms with Crippen molar-refractivity contribution in [2.45, 2.75) is 13.5 Å². The van der Waals surface area contributed by atoms with Crippen molar-refractivity contribution < 1.29 is 19.4 Å². The highest BCUT2D eigenvalue weighted by molar-refractivity contribution is 6.30. The third kappa shape index (κ3) is 5.19. The lowest BCUT2D eigenvalue weighted by Gasteiger charge is -2.24. The van der Waals surface area contributed by atoms with Gasteiger partial charge in [0.25, 0.3) is 0 Å². The van der Waals surface area contributed by atoms with Crippen LogP contribution in [-0.2, 0) is 20.9 Å². The molecule has 110 valence electrons. The smallest absolute Gasteiger partial charge is 0.323 e. The predicted molar refractivity (Wildman–Crippen MR) is 75.5 cm³/mol. The summed E-state index contributed by atoms with van der Waals surface area (Å²) in [5, 5.41) is 9.52. The van der Waals surface area contributed by atoms with Crippen LogP contribution in [0.2, 0.25) is 5.02 Å². The number of hydrogen-bond acceptors (Lipinski definition) is 3. The molecule has 0 spiro atoms. The maximum Gasteiger partial charge on any atom is 0.323 e. The standard InChI is InChI=1S/C14H18ClNO4/c1-10(9-20-2)14(19)16(8-13(17)18)7-11-3-5-12(15)6-4-11/h3-6,10H,7-9H2,1-2H3,(H,17,18). The molecule has 0 radical (unpaired) electrons. The minimum Gasteiger partial charge on any atom is -0.480 e. The van der Waals surface area contributed by atoms with E-state index < -0.39 is 5.97 Å². The number of aliphatic carboxylic acids is 1. The summed E-state index contributed by atoms with van der Waals surface area (Å²) in [7, 11) is 1.50. The molecule has 5 nitrogen and oxygen atoms in total. The second-order valence-corrected chi connectivity index (χ2v) is 5.01. The van der Waals surface area contributed by atoms with Crippen LogP contribution >= 0.6 is 11.6 Å². The van der Waals surface area contributed by atoms with Gasteiger partial charge in [0.05, 0.1) is 12.5 Å². The number of carbonyl (C=O) groups is 2. The second-order valence-electron chi connectivity index (χ2n) is 4.57. The van der Waals surface area contributed by atoms with Gasteiger partial charge in [-0.25, -0.2) is 0 Å². The van der Waals surface area contributed by atoms with Crippen molar-refractivity contribution in [3.05, 3.63) is 34.9 Å². The Morgan fingerprint density at radius 2 is 1.95 bits per heavy atom. The number of nitrogens with zero attached hydrogens (tertiary/aromatic N) is 1. The molecule has 0 aliphatic carbocycles. The Hall–Kier alpha value is -1.59. The van der Waals surface area contributed by atoms with E-state index in [4.69, 9.17) is 21.4 Å². The molecule has 1 amide bonds. The summed E-state index contributed by atoms with van der Waals surface area (Å²) in [5.41, 5.74) is 0.827. The molecule has 1 aromatic carbocycles. The molecule has 0 aromatic heterocycles. The van der Waals surface area contributed by atoms with Gasteiger partial charge in [-0.15, -0.1) is 0 Å². The molecule has 0 aliphatic heterocycles. The highest BCUT2D eigenvalue weighted by Gasteiger charge is 2.22. The maximum absolute atomic E-state index is 12.2. The molecule has 1 unspecified atom stereocenters. The van der Waals surface area contributed by atoms with Gasteiger partial charge in [0.2, 0.25) is 5.91 Å². The average molecular weight is 300 g/mol. The molecule has 0 heterocycles. The Bertz CT molecular complexity index is 461. The lowest BCUT2D eigenvalue weighted by atomic mass is 10.1.